The van der Waals surface area contributed by atoms with Gasteiger partial charge in [0.2, 0.25) is 17.7 Å². The van der Waals surface area contributed by atoms with Gasteiger partial charge in [0.05, 0.1) is 12.1 Å². The Morgan fingerprint density at radius 3 is 2.02 bits per heavy atom. The summed E-state index contributed by atoms with van der Waals surface area (Å²) >= 11 is 1.89. The van der Waals surface area contributed by atoms with Gasteiger partial charge in [0.1, 0.15) is 22.2 Å². The van der Waals surface area contributed by atoms with E-state index in [9.17, 15) is 33.6 Å². The van der Waals surface area contributed by atoms with Crippen molar-refractivity contribution in [3.63, 3.8) is 0 Å². The molecule has 2 saturated heterocycles. The van der Waals surface area contributed by atoms with E-state index in [-0.39, 0.29) is 57.7 Å². The minimum absolute atomic E-state index is 0.0136. The first kappa shape index (κ1) is 49.2. The molecule has 7 N–H and O–H groups in total. The molecule has 2 aliphatic heterocycles. The molecule has 17 heteroatoms. The van der Waals surface area contributed by atoms with Gasteiger partial charge in [0.15, 0.2) is 12.2 Å². The molecule has 5 amide bonds. The van der Waals surface area contributed by atoms with Crippen LogP contribution in [0.3, 0.4) is 0 Å². The van der Waals surface area contributed by atoms with Crippen LogP contribution in [0, 0.1) is 0 Å². The summed E-state index contributed by atoms with van der Waals surface area (Å²) in [5.74, 6) is 1.31. The van der Waals surface area contributed by atoms with E-state index in [2.05, 4.69) is 41.5 Å². The second-order valence-electron chi connectivity index (χ2n) is 18.0. The van der Waals surface area contributed by atoms with E-state index in [0.717, 1.165) is 62.7 Å². The predicted octanol–water partition coefficient (Wildman–Crippen LogP) is 3.93. The number of fused-ring (bicyclic) bond motifs is 1. The lowest BCUT2D eigenvalue weighted by molar-refractivity contribution is -0.122. The molecule has 4 aromatic rings. The molecule has 16 nitrogen and oxygen atoms in total. The highest BCUT2D eigenvalue weighted by Crippen LogP contribution is 2.33. The van der Waals surface area contributed by atoms with Gasteiger partial charge >= 0.3 is 6.03 Å². The lowest BCUT2D eigenvalue weighted by Gasteiger charge is -2.16. The third kappa shape index (κ3) is 14.6. The molecule has 0 aliphatic carbocycles. The highest BCUT2D eigenvalue weighted by atomic mass is 32.2. The Kier molecular flexibility index (Phi) is 17.7. The van der Waals surface area contributed by atoms with Crippen molar-refractivity contribution in [3.05, 3.63) is 120 Å². The minimum Gasteiger partial charge on any atom is -0.447 e. The van der Waals surface area contributed by atoms with Gasteiger partial charge in [-0.3, -0.25) is 28.8 Å². The Hall–Kier alpha value is -6.23. The number of oxazole rings is 1. The first-order valence-electron chi connectivity index (χ1n) is 23.0. The summed E-state index contributed by atoms with van der Waals surface area (Å²) in [6.07, 6.45) is 13.1. The number of hydrogen-bond donors (Lipinski definition) is 7. The molecule has 3 atom stereocenters. The van der Waals surface area contributed by atoms with E-state index < -0.39 is 11.1 Å². The van der Waals surface area contributed by atoms with E-state index in [0.29, 0.717) is 78.7 Å². The standard InChI is InChI=1S/C49H62N8O8S/c1-49(2,3)45-35(53-30-65-45)27-37-47(63)54-36(46(62)55-37)26-32-13-12-14-34(25-32)44(61)33-21-19-31(20-22-33)28-52-42(60)17-7-5-11-23-50-40(58)16-6-4-10-24-51-41(59)18-9-8-15-39-43-38(29-66-39)56-48(64)57-43/h12-14,19-22,25-27,30,38-39,43H,4-11,15-18,23-24,28-29H2,1-3H3,(H,50,58)(H,51,59)(H,52,60)(H,54,63)(H,55,62)(H2,56,57,64)/b36-26+,37-27-/t38-,39-,43-/m0/s1. The molecule has 4 heterocycles. The maximum atomic E-state index is 13.4. The minimum atomic E-state index is -0.515. The van der Waals surface area contributed by atoms with E-state index in [4.69, 9.17) is 4.42 Å². The van der Waals surface area contributed by atoms with Crippen molar-refractivity contribution in [2.45, 2.75) is 127 Å². The van der Waals surface area contributed by atoms with Gasteiger partial charge in [-0.25, -0.2) is 9.78 Å². The fraction of sp³-hybridized carbons (Fsp3) is 0.469. The summed E-state index contributed by atoms with van der Waals surface area (Å²) in [5.41, 5.74) is 1.32. The number of rotatable bonds is 23. The van der Waals surface area contributed by atoms with E-state index in [1.54, 1.807) is 48.5 Å². The van der Waals surface area contributed by atoms with Gasteiger partial charge < -0.3 is 41.0 Å². The third-order valence-electron chi connectivity index (χ3n) is 11.6. The third-order valence-corrected chi connectivity index (χ3v) is 13.1. The van der Waals surface area contributed by atoms with Crippen LogP contribution in [0.5, 0.6) is 0 Å². The summed E-state index contributed by atoms with van der Waals surface area (Å²) < 4.78 is 5.51. The second-order valence-corrected chi connectivity index (χ2v) is 19.2. The molecule has 0 radical (unpaired) electrons. The van der Waals surface area contributed by atoms with Crippen molar-refractivity contribution >= 4 is 53.4 Å². The SMILES string of the molecule is CC(C)(C)c1ocnc1/C=c1\[nH]c(=O)/c(=C\c2cccc(C(=O)c3ccc(CNC(=O)CCCCCNC(=O)CCCCCNC(=O)CCCC[C@@H]4SC[C@@H]5NC(=O)N[C@@H]54)cc3)c2)[nH]c1=O. The molecule has 2 fully saturated rings. The Balaban J connectivity index is 0.807. The van der Waals surface area contributed by atoms with E-state index >= 15 is 0 Å². The first-order chi connectivity index (χ1) is 31.7. The van der Waals surface area contributed by atoms with Gasteiger partial charge in [-0.05, 0) is 67.9 Å². The van der Waals surface area contributed by atoms with Crippen LogP contribution in [0.25, 0.3) is 12.2 Å². The number of urea groups is 1. The smallest absolute Gasteiger partial charge is 0.315 e. The van der Waals surface area contributed by atoms with Crippen molar-refractivity contribution in [1.29, 1.82) is 0 Å². The number of nitrogens with zero attached hydrogens (tertiary/aromatic N) is 1. The number of unbranched alkanes of at least 4 members (excludes halogenated alkanes) is 5. The van der Waals surface area contributed by atoms with Crippen LogP contribution in [0.1, 0.15) is 136 Å². The van der Waals surface area contributed by atoms with Crippen LogP contribution in [-0.4, -0.2) is 80.7 Å². The number of nitrogens with one attached hydrogen (secondary N) is 7. The average Bonchev–Trinajstić information content (AvgIpc) is 4.02. The fourth-order valence-electron chi connectivity index (χ4n) is 8.00. The number of amides is 5. The molecule has 2 aromatic carbocycles. The van der Waals surface area contributed by atoms with Gasteiger partial charge in [-0.1, -0.05) is 82.5 Å². The number of carbonyl (C=O) groups is 5. The molecule has 0 spiro atoms. The predicted molar refractivity (Wildman–Crippen MR) is 254 cm³/mol. The quantitative estimate of drug-likeness (QED) is 0.0322. The Bertz CT molecular complexity index is 2580. The molecule has 352 valence electrons. The number of hydrogen-bond acceptors (Lipinski definition) is 10. The van der Waals surface area contributed by atoms with Gasteiger partial charge in [-0.15, -0.1) is 0 Å². The van der Waals surface area contributed by atoms with E-state index in [1.165, 1.54) is 18.5 Å². The normalized spacial score (nSPS) is 17.3. The number of benzene rings is 2. The number of thioether (sulfide) groups is 1. The van der Waals surface area contributed by atoms with Crippen LogP contribution in [0.15, 0.2) is 68.9 Å². The van der Waals surface area contributed by atoms with Gasteiger partial charge in [0, 0.05) is 66.4 Å². The average molecular weight is 923 g/mol. The van der Waals surface area contributed by atoms with Crippen molar-refractivity contribution in [3.8, 4) is 0 Å². The number of carbonyl (C=O) groups excluding carboxylic acids is 5. The number of aromatic nitrogens is 3. The first-order valence-corrected chi connectivity index (χ1v) is 24.0. The van der Waals surface area contributed by atoms with Crippen molar-refractivity contribution in [2.75, 3.05) is 18.8 Å². The number of H-pyrrole nitrogens is 2. The molecule has 0 unspecified atom stereocenters. The highest BCUT2D eigenvalue weighted by molar-refractivity contribution is 8.00. The van der Waals surface area contributed by atoms with Crippen LogP contribution < -0.4 is 48.4 Å². The Morgan fingerprint density at radius 1 is 0.742 bits per heavy atom. The zero-order chi connectivity index (χ0) is 47.1. The maximum Gasteiger partial charge on any atom is 0.315 e. The highest BCUT2D eigenvalue weighted by Gasteiger charge is 2.42. The monoisotopic (exact) mass is 922 g/mol. The maximum absolute atomic E-state index is 13.4. The summed E-state index contributed by atoms with van der Waals surface area (Å²) in [5, 5.41) is 15.3. The van der Waals surface area contributed by atoms with Crippen molar-refractivity contribution in [2.24, 2.45) is 0 Å². The molecule has 6 rings (SSSR count). The topological polar surface area (TPSA) is 237 Å². The zero-order valence-corrected chi connectivity index (χ0v) is 38.8. The molecule has 2 aromatic heterocycles. The van der Waals surface area contributed by atoms with Crippen molar-refractivity contribution in [1.82, 2.24) is 41.5 Å². The Morgan fingerprint density at radius 2 is 1.36 bits per heavy atom. The van der Waals surface area contributed by atoms with Crippen LogP contribution in [-0.2, 0) is 26.3 Å². The van der Waals surface area contributed by atoms with Crippen molar-refractivity contribution < 1.29 is 28.4 Å². The number of ketones is 1. The molecular formula is C49H62N8O8S. The summed E-state index contributed by atoms with van der Waals surface area (Å²) in [4.78, 5) is 97.2. The zero-order valence-electron chi connectivity index (χ0n) is 38.0. The van der Waals surface area contributed by atoms with Gasteiger partial charge in [-0.2, -0.15) is 11.8 Å². The molecular weight excluding hydrogens is 861 g/mol. The molecule has 0 saturated carbocycles. The Labute approximate surface area is 388 Å². The number of aromatic amines is 2. The fourth-order valence-corrected chi connectivity index (χ4v) is 9.54. The summed E-state index contributed by atoms with van der Waals surface area (Å²) in [6, 6.07) is 14.1. The molecule has 66 heavy (non-hydrogen) atoms. The van der Waals surface area contributed by atoms with Gasteiger partial charge in [0.25, 0.3) is 11.1 Å². The molecule has 2 aliphatic rings. The molecule has 0 bridgehead atoms. The van der Waals surface area contributed by atoms with Crippen LogP contribution in [0.4, 0.5) is 4.79 Å². The van der Waals surface area contributed by atoms with Crippen LogP contribution >= 0.6 is 11.8 Å². The van der Waals surface area contributed by atoms with Crippen LogP contribution in [0.2, 0.25) is 0 Å². The van der Waals surface area contributed by atoms with E-state index in [1.807, 2.05) is 32.5 Å². The second kappa shape index (κ2) is 23.8. The lowest BCUT2D eigenvalue weighted by atomic mass is 9.92. The largest absolute Gasteiger partial charge is 0.447 e. The lowest BCUT2D eigenvalue weighted by Crippen LogP contribution is -2.46. The summed E-state index contributed by atoms with van der Waals surface area (Å²) in [7, 11) is 0. The summed E-state index contributed by atoms with van der Waals surface area (Å²) in [6.45, 7) is 7.36.